The Labute approximate surface area is 131 Å². The van der Waals surface area contributed by atoms with E-state index in [0.29, 0.717) is 23.7 Å². The third kappa shape index (κ3) is 3.49. The van der Waals surface area contributed by atoms with E-state index in [9.17, 15) is 0 Å². The highest BCUT2D eigenvalue weighted by molar-refractivity contribution is 9.10. The molecular weight excluding hydrogens is 338 g/mol. The molecule has 2 aromatic carbocycles. The van der Waals surface area contributed by atoms with Gasteiger partial charge < -0.3 is 15.2 Å². The molecule has 104 valence electrons. The first-order chi connectivity index (χ1) is 9.61. The Kier molecular flexibility index (Phi) is 4.98. The van der Waals surface area contributed by atoms with E-state index in [1.807, 2.05) is 49.4 Å². The van der Waals surface area contributed by atoms with Crippen LogP contribution in [0.1, 0.15) is 12.5 Å². The fourth-order valence-electron chi connectivity index (χ4n) is 1.75. The molecule has 0 aromatic heterocycles. The summed E-state index contributed by atoms with van der Waals surface area (Å²) in [7, 11) is 0. The lowest BCUT2D eigenvalue weighted by atomic mass is 10.2. The van der Waals surface area contributed by atoms with Crippen LogP contribution in [0.3, 0.4) is 0 Å². The summed E-state index contributed by atoms with van der Waals surface area (Å²) in [6, 6.07) is 13.0. The first-order valence-electron chi connectivity index (χ1n) is 6.11. The summed E-state index contributed by atoms with van der Waals surface area (Å²) in [5.41, 5.74) is 6.43. The van der Waals surface area contributed by atoms with Gasteiger partial charge in [0.2, 0.25) is 0 Å². The van der Waals surface area contributed by atoms with E-state index >= 15 is 0 Å². The summed E-state index contributed by atoms with van der Waals surface area (Å²) in [5.74, 6) is 2.05. The van der Waals surface area contributed by atoms with Crippen LogP contribution in [0, 0.1) is 0 Å². The molecule has 0 unspecified atom stereocenters. The maximum Gasteiger partial charge on any atom is 0.138 e. The predicted molar refractivity (Wildman–Crippen MR) is 87.7 cm³/mol. The number of thiocarbonyl (C=S) groups is 1. The van der Waals surface area contributed by atoms with E-state index in [-0.39, 0.29) is 4.99 Å². The molecule has 0 heterocycles. The van der Waals surface area contributed by atoms with E-state index in [2.05, 4.69) is 15.9 Å². The van der Waals surface area contributed by atoms with Crippen molar-refractivity contribution in [3.05, 3.63) is 52.5 Å². The molecule has 0 atom stereocenters. The van der Waals surface area contributed by atoms with Crippen LogP contribution in [0.4, 0.5) is 0 Å². The van der Waals surface area contributed by atoms with Gasteiger partial charge in [0.05, 0.1) is 12.2 Å². The number of ether oxygens (including phenoxy) is 2. The Morgan fingerprint density at radius 2 is 1.90 bits per heavy atom. The lowest BCUT2D eigenvalue weighted by Gasteiger charge is -2.12. The Bertz CT molecular complexity index is 631. The molecule has 0 amide bonds. The fraction of sp³-hybridized carbons (Fsp3) is 0.133. The standard InChI is InChI=1S/C15H14BrNO2S/c1-2-18-10-5-3-6-11(9-10)19-13-8-4-7-12(16)14(13)15(17)20/h3-9H,2H2,1H3,(H2,17,20). The van der Waals surface area contributed by atoms with Gasteiger partial charge in [-0.25, -0.2) is 0 Å². The molecule has 20 heavy (non-hydrogen) atoms. The Balaban J connectivity index is 2.32. The molecule has 0 aliphatic carbocycles. The number of nitrogens with two attached hydrogens (primary N) is 1. The molecule has 0 fully saturated rings. The normalized spacial score (nSPS) is 10.1. The van der Waals surface area contributed by atoms with Gasteiger partial charge in [-0.15, -0.1) is 0 Å². The van der Waals surface area contributed by atoms with Gasteiger partial charge >= 0.3 is 0 Å². The quantitative estimate of drug-likeness (QED) is 0.816. The van der Waals surface area contributed by atoms with Crippen LogP contribution < -0.4 is 15.2 Å². The average Bonchev–Trinajstić information content (AvgIpc) is 2.39. The highest BCUT2D eigenvalue weighted by Gasteiger charge is 2.11. The lowest BCUT2D eigenvalue weighted by molar-refractivity contribution is 0.338. The highest BCUT2D eigenvalue weighted by Crippen LogP contribution is 2.31. The molecule has 0 bridgehead atoms. The molecule has 2 N–H and O–H groups in total. The van der Waals surface area contributed by atoms with Gasteiger partial charge in [-0.05, 0) is 47.1 Å². The van der Waals surface area contributed by atoms with Crippen molar-refractivity contribution >= 4 is 33.1 Å². The minimum Gasteiger partial charge on any atom is -0.494 e. The van der Waals surface area contributed by atoms with Gasteiger partial charge in [-0.3, -0.25) is 0 Å². The van der Waals surface area contributed by atoms with Gasteiger partial charge in [-0.1, -0.05) is 24.4 Å². The fourth-order valence-corrected chi connectivity index (χ4v) is 2.65. The molecule has 0 saturated heterocycles. The van der Waals surface area contributed by atoms with Crippen molar-refractivity contribution in [3.8, 4) is 17.2 Å². The zero-order chi connectivity index (χ0) is 14.5. The summed E-state index contributed by atoms with van der Waals surface area (Å²) in [6.07, 6.45) is 0. The second kappa shape index (κ2) is 6.72. The molecule has 0 aliphatic rings. The SMILES string of the molecule is CCOc1cccc(Oc2cccc(Br)c2C(N)=S)c1. The topological polar surface area (TPSA) is 44.5 Å². The van der Waals surface area contributed by atoms with E-state index in [0.717, 1.165) is 10.2 Å². The molecule has 0 aliphatic heterocycles. The van der Waals surface area contributed by atoms with Crippen molar-refractivity contribution in [2.45, 2.75) is 6.92 Å². The van der Waals surface area contributed by atoms with Crippen molar-refractivity contribution in [2.24, 2.45) is 5.73 Å². The van der Waals surface area contributed by atoms with E-state index in [1.165, 1.54) is 0 Å². The number of hydrogen-bond acceptors (Lipinski definition) is 3. The summed E-state index contributed by atoms with van der Waals surface area (Å²) in [4.78, 5) is 0.286. The maximum absolute atomic E-state index is 5.86. The maximum atomic E-state index is 5.86. The van der Waals surface area contributed by atoms with Crippen molar-refractivity contribution in [2.75, 3.05) is 6.61 Å². The highest BCUT2D eigenvalue weighted by atomic mass is 79.9. The van der Waals surface area contributed by atoms with Crippen LogP contribution in [0.2, 0.25) is 0 Å². The average molecular weight is 352 g/mol. The number of halogens is 1. The van der Waals surface area contributed by atoms with Gasteiger partial charge in [0, 0.05) is 10.5 Å². The van der Waals surface area contributed by atoms with Gasteiger partial charge in [0.25, 0.3) is 0 Å². The summed E-state index contributed by atoms with van der Waals surface area (Å²) >= 11 is 8.49. The zero-order valence-electron chi connectivity index (χ0n) is 10.9. The van der Waals surface area contributed by atoms with Gasteiger partial charge in [-0.2, -0.15) is 0 Å². The molecule has 3 nitrogen and oxygen atoms in total. The molecule has 5 heteroatoms. The van der Waals surface area contributed by atoms with Gasteiger partial charge in [0.1, 0.15) is 22.2 Å². The molecule has 0 spiro atoms. The minimum absolute atomic E-state index is 0.286. The number of hydrogen-bond donors (Lipinski definition) is 1. The molecule has 2 rings (SSSR count). The summed E-state index contributed by atoms with van der Waals surface area (Å²) < 4.78 is 12.1. The predicted octanol–water partition coefficient (Wildman–Crippen LogP) is 4.27. The molecule has 0 saturated carbocycles. The first-order valence-corrected chi connectivity index (χ1v) is 7.31. The molecule has 2 aromatic rings. The van der Waals surface area contributed by atoms with E-state index in [1.54, 1.807) is 0 Å². The second-order valence-electron chi connectivity index (χ2n) is 3.99. The zero-order valence-corrected chi connectivity index (χ0v) is 13.3. The van der Waals surface area contributed by atoms with Crippen molar-refractivity contribution in [3.63, 3.8) is 0 Å². The van der Waals surface area contributed by atoms with Crippen LogP contribution in [-0.2, 0) is 0 Å². The molecular formula is C15H14BrNO2S. The Morgan fingerprint density at radius 1 is 1.20 bits per heavy atom. The number of rotatable bonds is 5. The Hall–Kier alpha value is -1.59. The monoisotopic (exact) mass is 351 g/mol. The van der Waals surface area contributed by atoms with E-state index < -0.39 is 0 Å². The smallest absolute Gasteiger partial charge is 0.138 e. The largest absolute Gasteiger partial charge is 0.494 e. The van der Waals surface area contributed by atoms with Gasteiger partial charge in [0.15, 0.2) is 0 Å². The van der Waals surface area contributed by atoms with Crippen LogP contribution >= 0.6 is 28.1 Å². The van der Waals surface area contributed by atoms with Crippen LogP contribution in [0.5, 0.6) is 17.2 Å². The third-order valence-electron chi connectivity index (χ3n) is 2.57. The lowest BCUT2D eigenvalue weighted by Crippen LogP contribution is -2.11. The van der Waals surface area contributed by atoms with Crippen molar-refractivity contribution < 1.29 is 9.47 Å². The van der Waals surface area contributed by atoms with E-state index in [4.69, 9.17) is 27.4 Å². The summed E-state index contributed by atoms with van der Waals surface area (Å²) in [6.45, 7) is 2.55. The minimum atomic E-state index is 0.286. The van der Waals surface area contributed by atoms with Crippen LogP contribution in [0.25, 0.3) is 0 Å². The first kappa shape index (κ1) is 14.8. The molecule has 0 radical (unpaired) electrons. The number of benzene rings is 2. The van der Waals surface area contributed by atoms with Crippen LogP contribution in [0.15, 0.2) is 46.9 Å². The third-order valence-corrected chi connectivity index (χ3v) is 3.43. The second-order valence-corrected chi connectivity index (χ2v) is 5.28. The Morgan fingerprint density at radius 3 is 2.60 bits per heavy atom. The van der Waals surface area contributed by atoms with Crippen molar-refractivity contribution in [1.29, 1.82) is 0 Å². The van der Waals surface area contributed by atoms with Crippen molar-refractivity contribution in [1.82, 2.24) is 0 Å². The summed E-state index contributed by atoms with van der Waals surface area (Å²) in [5, 5.41) is 0. The van der Waals surface area contributed by atoms with Crippen LogP contribution in [-0.4, -0.2) is 11.6 Å².